The Hall–Kier alpha value is -2.95. The van der Waals surface area contributed by atoms with Gasteiger partial charge >= 0.3 is 0 Å². The van der Waals surface area contributed by atoms with Gasteiger partial charge in [0.15, 0.2) is 5.78 Å². The summed E-state index contributed by atoms with van der Waals surface area (Å²) >= 11 is 0. The second kappa shape index (κ2) is 8.24. The highest BCUT2D eigenvalue weighted by Gasteiger charge is 2.15. The standard InChI is InChI=1S/C20H22N2O3/c1-14-6-4-5-7-19(14)22(16(3)24)13-12-20(25)21-18-10-8-17(9-11-18)15(2)23/h4-11H,12-13H2,1-3H3,(H,21,25). The molecule has 5 nitrogen and oxygen atoms in total. The van der Waals surface area contributed by atoms with Crippen LogP contribution in [0.15, 0.2) is 48.5 Å². The van der Waals surface area contributed by atoms with Crippen molar-refractivity contribution in [2.45, 2.75) is 27.2 Å². The van der Waals surface area contributed by atoms with Crippen LogP contribution in [0, 0.1) is 6.92 Å². The Morgan fingerprint density at radius 1 is 0.960 bits per heavy atom. The molecule has 0 atom stereocenters. The molecule has 2 amide bonds. The molecule has 25 heavy (non-hydrogen) atoms. The Bertz CT molecular complexity index is 782. The van der Waals surface area contributed by atoms with Crippen molar-refractivity contribution in [1.82, 2.24) is 0 Å². The van der Waals surface area contributed by atoms with E-state index in [0.717, 1.165) is 11.3 Å². The Balaban J connectivity index is 1.98. The van der Waals surface area contributed by atoms with Crippen molar-refractivity contribution in [3.05, 3.63) is 59.7 Å². The van der Waals surface area contributed by atoms with E-state index >= 15 is 0 Å². The summed E-state index contributed by atoms with van der Waals surface area (Å²) in [6.45, 7) is 5.22. The number of nitrogens with zero attached hydrogens (tertiary/aromatic N) is 1. The number of aryl methyl sites for hydroxylation is 1. The molecule has 0 spiro atoms. The topological polar surface area (TPSA) is 66.5 Å². The minimum atomic E-state index is -0.185. The summed E-state index contributed by atoms with van der Waals surface area (Å²) < 4.78 is 0. The summed E-state index contributed by atoms with van der Waals surface area (Å²) in [6, 6.07) is 14.3. The number of nitrogens with one attached hydrogen (secondary N) is 1. The lowest BCUT2D eigenvalue weighted by molar-refractivity contribution is -0.117. The van der Waals surface area contributed by atoms with E-state index in [4.69, 9.17) is 0 Å². The van der Waals surface area contributed by atoms with Crippen LogP contribution in [0.2, 0.25) is 0 Å². The Morgan fingerprint density at radius 3 is 2.16 bits per heavy atom. The van der Waals surface area contributed by atoms with Crippen molar-refractivity contribution in [3.8, 4) is 0 Å². The van der Waals surface area contributed by atoms with Gasteiger partial charge in [-0.25, -0.2) is 0 Å². The van der Waals surface area contributed by atoms with Gasteiger partial charge in [0, 0.05) is 36.8 Å². The highest BCUT2D eigenvalue weighted by molar-refractivity contribution is 5.96. The Morgan fingerprint density at radius 2 is 1.60 bits per heavy atom. The van der Waals surface area contributed by atoms with Crippen molar-refractivity contribution in [2.24, 2.45) is 0 Å². The van der Waals surface area contributed by atoms with Gasteiger partial charge in [-0.1, -0.05) is 18.2 Å². The Labute approximate surface area is 147 Å². The SMILES string of the molecule is CC(=O)c1ccc(NC(=O)CCN(C(C)=O)c2ccccc2C)cc1. The number of ketones is 1. The van der Waals surface area contributed by atoms with Crippen molar-refractivity contribution >= 4 is 29.0 Å². The van der Waals surface area contributed by atoms with Crippen LogP contribution in [0.25, 0.3) is 0 Å². The van der Waals surface area contributed by atoms with Gasteiger partial charge < -0.3 is 10.2 Å². The van der Waals surface area contributed by atoms with E-state index in [1.165, 1.54) is 13.8 Å². The number of amides is 2. The van der Waals surface area contributed by atoms with Crippen LogP contribution in [0.1, 0.15) is 36.2 Å². The van der Waals surface area contributed by atoms with Crippen LogP contribution in [0.5, 0.6) is 0 Å². The summed E-state index contributed by atoms with van der Waals surface area (Å²) in [7, 11) is 0. The summed E-state index contributed by atoms with van der Waals surface area (Å²) in [5, 5.41) is 2.78. The average molecular weight is 338 g/mol. The van der Waals surface area contributed by atoms with Gasteiger partial charge in [0.05, 0.1) is 0 Å². The number of rotatable bonds is 6. The van der Waals surface area contributed by atoms with Crippen LogP contribution in [-0.2, 0) is 9.59 Å². The summed E-state index contributed by atoms with van der Waals surface area (Å²) in [5.41, 5.74) is 3.02. The fraction of sp³-hybridized carbons (Fsp3) is 0.250. The molecule has 2 aromatic rings. The first-order valence-electron chi connectivity index (χ1n) is 8.13. The molecule has 0 bridgehead atoms. The van der Waals surface area contributed by atoms with E-state index in [1.807, 2.05) is 31.2 Å². The molecule has 0 aliphatic carbocycles. The largest absolute Gasteiger partial charge is 0.326 e. The number of hydrogen-bond acceptors (Lipinski definition) is 3. The summed E-state index contributed by atoms with van der Waals surface area (Å²) in [4.78, 5) is 37.0. The molecule has 2 aromatic carbocycles. The number of benzene rings is 2. The molecular weight excluding hydrogens is 316 g/mol. The third-order valence-electron chi connectivity index (χ3n) is 3.92. The van der Waals surface area contributed by atoms with E-state index in [-0.39, 0.29) is 24.0 Å². The first-order chi connectivity index (χ1) is 11.9. The molecular formula is C20H22N2O3. The zero-order valence-corrected chi connectivity index (χ0v) is 14.7. The fourth-order valence-corrected chi connectivity index (χ4v) is 2.54. The molecule has 0 radical (unpaired) electrons. The minimum Gasteiger partial charge on any atom is -0.326 e. The van der Waals surface area contributed by atoms with Gasteiger partial charge in [0.2, 0.25) is 11.8 Å². The molecule has 5 heteroatoms. The van der Waals surface area contributed by atoms with Crippen molar-refractivity contribution in [3.63, 3.8) is 0 Å². The molecule has 0 heterocycles. The smallest absolute Gasteiger partial charge is 0.226 e. The Kier molecular flexibility index (Phi) is 6.06. The lowest BCUT2D eigenvalue weighted by atomic mass is 10.1. The van der Waals surface area contributed by atoms with Crippen LogP contribution < -0.4 is 10.2 Å². The van der Waals surface area contributed by atoms with Crippen LogP contribution in [0.4, 0.5) is 11.4 Å². The van der Waals surface area contributed by atoms with Gasteiger partial charge in [0.1, 0.15) is 0 Å². The van der Waals surface area contributed by atoms with Gasteiger partial charge in [-0.2, -0.15) is 0 Å². The lowest BCUT2D eigenvalue weighted by Gasteiger charge is -2.22. The molecule has 0 aromatic heterocycles. The molecule has 0 unspecified atom stereocenters. The van der Waals surface area contributed by atoms with Crippen LogP contribution >= 0.6 is 0 Å². The molecule has 130 valence electrons. The third-order valence-corrected chi connectivity index (χ3v) is 3.92. The number of Topliss-reactive ketones (excluding diaryl/α,β-unsaturated/α-hetero) is 1. The number of carbonyl (C=O) groups excluding carboxylic acids is 3. The molecule has 1 N–H and O–H groups in total. The van der Waals surface area contributed by atoms with E-state index in [0.29, 0.717) is 17.8 Å². The quantitative estimate of drug-likeness (QED) is 0.819. The number of para-hydroxylation sites is 1. The molecule has 2 rings (SSSR count). The average Bonchev–Trinajstić information content (AvgIpc) is 2.56. The number of anilines is 2. The summed E-state index contributed by atoms with van der Waals surface area (Å²) in [5.74, 6) is -0.309. The van der Waals surface area contributed by atoms with E-state index in [1.54, 1.807) is 29.2 Å². The van der Waals surface area contributed by atoms with Gasteiger partial charge in [0.25, 0.3) is 0 Å². The number of carbonyl (C=O) groups is 3. The molecule has 0 saturated heterocycles. The zero-order valence-electron chi connectivity index (χ0n) is 14.7. The molecule has 0 saturated carbocycles. The highest BCUT2D eigenvalue weighted by atomic mass is 16.2. The van der Waals surface area contributed by atoms with E-state index < -0.39 is 0 Å². The van der Waals surface area contributed by atoms with Crippen molar-refractivity contribution < 1.29 is 14.4 Å². The molecule has 0 aliphatic rings. The third kappa shape index (κ3) is 5.01. The van der Waals surface area contributed by atoms with E-state index in [9.17, 15) is 14.4 Å². The van der Waals surface area contributed by atoms with Gasteiger partial charge in [-0.05, 0) is 49.7 Å². The van der Waals surface area contributed by atoms with Crippen LogP contribution in [0.3, 0.4) is 0 Å². The maximum absolute atomic E-state index is 12.2. The van der Waals surface area contributed by atoms with Crippen molar-refractivity contribution in [2.75, 3.05) is 16.8 Å². The van der Waals surface area contributed by atoms with Gasteiger partial charge in [-0.3, -0.25) is 14.4 Å². The minimum absolute atomic E-state index is 0.0202. The van der Waals surface area contributed by atoms with Gasteiger partial charge in [-0.15, -0.1) is 0 Å². The monoisotopic (exact) mass is 338 g/mol. The number of hydrogen-bond donors (Lipinski definition) is 1. The molecule has 0 fully saturated rings. The zero-order chi connectivity index (χ0) is 18.4. The summed E-state index contributed by atoms with van der Waals surface area (Å²) in [6.07, 6.45) is 0.183. The highest BCUT2D eigenvalue weighted by Crippen LogP contribution is 2.20. The first-order valence-corrected chi connectivity index (χ1v) is 8.13. The molecule has 0 aliphatic heterocycles. The lowest BCUT2D eigenvalue weighted by Crippen LogP contribution is -2.32. The normalized spacial score (nSPS) is 10.2. The maximum Gasteiger partial charge on any atom is 0.226 e. The second-order valence-corrected chi connectivity index (χ2v) is 5.89. The predicted octanol–water partition coefficient (Wildman–Crippen LogP) is 3.58. The van der Waals surface area contributed by atoms with Crippen molar-refractivity contribution in [1.29, 1.82) is 0 Å². The first kappa shape index (κ1) is 18.4. The van der Waals surface area contributed by atoms with Crippen LogP contribution in [-0.4, -0.2) is 24.1 Å². The fourth-order valence-electron chi connectivity index (χ4n) is 2.54. The predicted molar refractivity (Wildman–Crippen MR) is 98.9 cm³/mol. The maximum atomic E-state index is 12.2. The second-order valence-electron chi connectivity index (χ2n) is 5.89. The van der Waals surface area contributed by atoms with E-state index in [2.05, 4.69) is 5.32 Å².